The van der Waals surface area contributed by atoms with Gasteiger partial charge in [0.2, 0.25) is 0 Å². The summed E-state index contributed by atoms with van der Waals surface area (Å²) in [4.78, 5) is 2.06. The van der Waals surface area contributed by atoms with E-state index < -0.39 is 0 Å². The van der Waals surface area contributed by atoms with Gasteiger partial charge in [-0.05, 0) is 18.1 Å². The third kappa shape index (κ3) is 5.06. The molecule has 0 aliphatic rings. The minimum Gasteiger partial charge on any atom is -0.397 e. The molecule has 0 aliphatic heterocycles. The third-order valence-electron chi connectivity index (χ3n) is 1.98. The lowest BCUT2D eigenvalue weighted by Gasteiger charge is -2.18. The fourth-order valence-corrected chi connectivity index (χ4v) is 1.44. The minimum atomic E-state index is 0.861. The van der Waals surface area contributed by atoms with Crippen LogP contribution >= 0.6 is 0 Å². The normalized spacial score (nSPS) is 8.19. The summed E-state index contributed by atoms with van der Waals surface area (Å²) in [6.45, 7) is 10.1. The van der Waals surface area contributed by atoms with Crippen LogP contribution in [0.15, 0.2) is 18.2 Å². The van der Waals surface area contributed by atoms with E-state index in [0.29, 0.717) is 0 Å². The van der Waals surface area contributed by atoms with Gasteiger partial charge in [-0.15, -0.1) is 0 Å². The summed E-state index contributed by atoms with van der Waals surface area (Å²) in [7, 11) is 4.04. The van der Waals surface area contributed by atoms with E-state index >= 15 is 0 Å². The Morgan fingerprint density at radius 2 is 1.56 bits per heavy atom. The number of nitrogen functional groups attached to an aromatic ring is 1. The number of anilines is 2. The molecule has 2 N–H and O–H groups in total. The average Bonchev–Trinajstić information content (AvgIpc) is 2.33. The number of nitrogens with two attached hydrogens (primary N) is 1. The second-order valence-corrected chi connectivity index (χ2v) is 3.10. The number of rotatable bonds is 2. The summed E-state index contributed by atoms with van der Waals surface area (Å²) in [5, 5.41) is 0. The van der Waals surface area contributed by atoms with Crippen molar-refractivity contribution in [2.75, 3.05) is 24.7 Å². The smallest absolute Gasteiger partial charge is 0.0627 e. The molecule has 0 spiro atoms. The highest BCUT2D eigenvalue weighted by molar-refractivity contribution is 5.70. The Kier molecular flexibility index (Phi) is 11.1. The Morgan fingerprint density at radius 1 is 1.06 bits per heavy atom. The average molecular weight is 224 g/mol. The van der Waals surface area contributed by atoms with Crippen LogP contribution in [0.1, 0.15) is 40.2 Å². The molecule has 0 atom stereocenters. The maximum absolute atomic E-state index is 5.86. The quantitative estimate of drug-likeness (QED) is 0.771. The number of benzene rings is 1. The van der Waals surface area contributed by atoms with Crippen molar-refractivity contribution < 1.29 is 0 Å². The van der Waals surface area contributed by atoms with Crippen LogP contribution in [0.2, 0.25) is 0 Å². The standard InChI is InChI=1S/C10H16N2.2C2H6/c1-4-8-6-5-7-9(11)10(8)12(2)3;2*1-2/h5-7H,4,11H2,1-3H3;2*1-2H3. The van der Waals surface area contributed by atoms with Gasteiger partial charge >= 0.3 is 0 Å². The Hall–Kier alpha value is -1.18. The van der Waals surface area contributed by atoms with Crippen molar-refractivity contribution in [3.8, 4) is 0 Å². The van der Waals surface area contributed by atoms with Crippen molar-refractivity contribution in [2.45, 2.75) is 41.0 Å². The van der Waals surface area contributed by atoms with E-state index in [1.54, 1.807) is 0 Å². The van der Waals surface area contributed by atoms with Crippen LogP contribution in [-0.4, -0.2) is 14.1 Å². The fourth-order valence-electron chi connectivity index (χ4n) is 1.44. The lowest BCUT2D eigenvalue weighted by Crippen LogP contribution is -2.13. The molecule has 2 heteroatoms. The zero-order chi connectivity index (χ0) is 13.1. The van der Waals surface area contributed by atoms with Crippen LogP contribution in [0, 0.1) is 0 Å². The van der Waals surface area contributed by atoms with E-state index in [-0.39, 0.29) is 0 Å². The van der Waals surface area contributed by atoms with Gasteiger partial charge in [-0.25, -0.2) is 0 Å². The molecule has 0 aromatic heterocycles. The molecule has 0 amide bonds. The van der Waals surface area contributed by atoms with E-state index in [9.17, 15) is 0 Å². The van der Waals surface area contributed by atoms with Crippen LogP contribution in [0.25, 0.3) is 0 Å². The van der Waals surface area contributed by atoms with Crippen LogP contribution in [-0.2, 0) is 6.42 Å². The fraction of sp³-hybridized carbons (Fsp3) is 0.571. The van der Waals surface area contributed by atoms with E-state index in [1.165, 1.54) is 5.56 Å². The molecule has 94 valence electrons. The van der Waals surface area contributed by atoms with Gasteiger partial charge in [0.15, 0.2) is 0 Å². The largest absolute Gasteiger partial charge is 0.397 e. The molecule has 0 unspecified atom stereocenters. The van der Waals surface area contributed by atoms with Crippen molar-refractivity contribution in [1.29, 1.82) is 0 Å². The predicted molar refractivity (Wildman–Crippen MR) is 77.3 cm³/mol. The zero-order valence-electron chi connectivity index (χ0n) is 12.0. The molecule has 0 heterocycles. The summed E-state index contributed by atoms with van der Waals surface area (Å²) in [6.07, 6.45) is 1.03. The summed E-state index contributed by atoms with van der Waals surface area (Å²) in [5.41, 5.74) is 9.18. The van der Waals surface area contributed by atoms with Crippen molar-refractivity contribution in [3.63, 3.8) is 0 Å². The lowest BCUT2D eigenvalue weighted by atomic mass is 10.1. The topological polar surface area (TPSA) is 29.3 Å². The highest BCUT2D eigenvalue weighted by atomic mass is 15.1. The number of nitrogens with zero attached hydrogens (tertiary/aromatic N) is 1. The first-order chi connectivity index (χ1) is 7.66. The Labute approximate surface area is 101 Å². The van der Waals surface area contributed by atoms with Gasteiger partial charge in [-0.2, -0.15) is 0 Å². The third-order valence-corrected chi connectivity index (χ3v) is 1.98. The first kappa shape index (κ1) is 17.2. The Balaban J connectivity index is 0. The van der Waals surface area contributed by atoms with Gasteiger partial charge in [0.25, 0.3) is 0 Å². The molecule has 16 heavy (non-hydrogen) atoms. The molecular weight excluding hydrogens is 196 g/mol. The van der Waals surface area contributed by atoms with Gasteiger partial charge in [0.05, 0.1) is 11.4 Å². The summed E-state index contributed by atoms with van der Waals surface area (Å²) < 4.78 is 0. The van der Waals surface area contributed by atoms with E-state index in [0.717, 1.165) is 17.8 Å². The zero-order valence-corrected chi connectivity index (χ0v) is 12.0. The van der Waals surface area contributed by atoms with Gasteiger partial charge in [0.1, 0.15) is 0 Å². The van der Waals surface area contributed by atoms with Crippen LogP contribution in [0.5, 0.6) is 0 Å². The lowest BCUT2D eigenvalue weighted by molar-refractivity contribution is 1.06. The molecule has 0 saturated heterocycles. The van der Waals surface area contributed by atoms with Crippen LogP contribution in [0.3, 0.4) is 0 Å². The second-order valence-electron chi connectivity index (χ2n) is 3.10. The highest BCUT2D eigenvalue weighted by Crippen LogP contribution is 2.25. The molecule has 0 fully saturated rings. The molecular formula is C14H28N2. The summed E-state index contributed by atoms with van der Waals surface area (Å²) in [6, 6.07) is 6.06. The molecule has 1 aromatic carbocycles. The molecule has 1 rings (SSSR count). The second kappa shape index (κ2) is 10.3. The number of para-hydroxylation sites is 1. The van der Waals surface area contributed by atoms with Gasteiger partial charge in [0, 0.05) is 14.1 Å². The molecule has 2 nitrogen and oxygen atoms in total. The maximum Gasteiger partial charge on any atom is 0.0627 e. The monoisotopic (exact) mass is 224 g/mol. The van der Waals surface area contributed by atoms with Crippen molar-refractivity contribution >= 4 is 11.4 Å². The minimum absolute atomic E-state index is 0.861. The Bertz CT molecular complexity index is 267. The van der Waals surface area contributed by atoms with E-state index in [2.05, 4.69) is 17.9 Å². The first-order valence-electron chi connectivity index (χ1n) is 6.21. The van der Waals surface area contributed by atoms with Crippen molar-refractivity contribution in [2.24, 2.45) is 0 Å². The van der Waals surface area contributed by atoms with E-state index in [1.807, 2.05) is 53.9 Å². The van der Waals surface area contributed by atoms with E-state index in [4.69, 9.17) is 5.73 Å². The predicted octanol–water partition coefficient (Wildman–Crippen LogP) is 3.95. The summed E-state index contributed by atoms with van der Waals surface area (Å²) >= 11 is 0. The number of hydrogen-bond acceptors (Lipinski definition) is 2. The van der Waals surface area contributed by atoms with Crippen LogP contribution in [0.4, 0.5) is 11.4 Å². The van der Waals surface area contributed by atoms with Gasteiger partial charge in [-0.1, -0.05) is 46.8 Å². The molecule has 0 aliphatic carbocycles. The summed E-state index contributed by atoms with van der Waals surface area (Å²) in [5.74, 6) is 0. The number of aryl methyl sites for hydroxylation is 1. The first-order valence-corrected chi connectivity index (χ1v) is 6.21. The molecule has 1 aromatic rings. The van der Waals surface area contributed by atoms with Gasteiger partial charge in [-0.3, -0.25) is 0 Å². The Morgan fingerprint density at radius 3 is 1.88 bits per heavy atom. The van der Waals surface area contributed by atoms with Crippen molar-refractivity contribution in [1.82, 2.24) is 0 Å². The molecule has 0 bridgehead atoms. The maximum atomic E-state index is 5.86. The van der Waals surface area contributed by atoms with Crippen LogP contribution < -0.4 is 10.6 Å². The van der Waals surface area contributed by atoms with Gasteiger partial charge < -0.3 is 10.6 Å². The molecule has 0 saturated carbocycles. The van der Waals surface area contributed by atoms with Crippen molar-refractivity contribution in [3.05, 3.63) is 23.8 Å². The SMILES string of the molecule is CC.CC.CCc1cccc(N)c1N(C)C. The highest BCUT2D eigenvalue weighted by Gasteiger charge is 2.05. The molecule has 0 radical (unpaired) electrons. The number of hydrogen-bond donors (Lipinski definition) is 1.